The molecule has 1 atom stereocenters. The van der Waals surface area contributed by atoms with Crippen molar-refractivity contribution in [3.8, 4) is 11.5 Å². The molecule has 1 N–H and O–H groups in total. The Morgan fingerprint density at radius 2 is 1.97 bits per heavy atom. The number of halogens is 1. The van der Waals surface area contributed by atoms with Gasteiger partial charge < -0.3 is 19.3 Å². The van der Waals surface area contributed by atoms with Crippen molar-refractivity contribution < 1.29 is 23.7 Å². The zero-order chi connectivity index (χ0) is 22.2. The topological polar surface area (TPSA) is 69.0 Å². The van der Waals surface area contributed by atoms with E-state index in [0.29, 0.717) is 45.1 Å². The van der Waals surface area contributed by atoms with E-state index in [1.807, 2.05) is 41.2 Å². The Morgan fingerprint density at radius 3 is 2.78 bits per heavy atom. The van der Waals surface area contributed by atoms with Crippen molar-refractivity contribution in [1.29, 1.82) is 0 Å². The Bertz CT molecular complexity index is 968. The van der Waals surface area contributed by atoms with Crippen LogP contribution in [-0.2, 0) is 17.8 Å². The van der Waals surface area contributed by atoms with Crippen molar-refractivity contribution >= 4 is 0 Å². The van der Waals surface area contributed by atoms with Crippen LogP contribution in [0.4, 0.5) is 4.39 Å². The standard InChI is InChI=1S/C24H28FN3O4/c25-21-5-7-22(8-6-21)32-19-24(29)17-27(11-13-30-18-24)16-20-3-1-4-23(15-20)31-14-12-28-10-2-9-26-28/h1-10,15,29H,11-14,16-19H2/t24-/m1/s1. The van der Waals surface area contributed by atoms with Crippen LogP contribution in [0.2, 0.25) is 0 Å². The van der Waals surface area contributed by atoms with E-state index in [-0.39, 0.29) is 19.0 Å². The molecule has 1 aliphatic heterocycles. The quantitative estimate of drug-likeness (QED) is 0.551. The molecule has 32 heavy (non-hydrogen) atoms. The van der Waals surface area contributed by atoms with E-state index in [2.05, 4.69) is 10.00 Å². The Labute approximate surface area is 186 Å². The van der Waals surface area contributed by atoms with Gasteiger partial charge in [-0.2, -0.15) is 5.10 Å². The molecule has 170 valence electrons. The molecule has 3 aromatic rings. The summed E-state index contributed by atoms with van der Waals surface area (Å²) in [5.41, 5.74) is -0.0757. The van der Waals surface area contributed by atoms with Crippen molar-refractivity contribution in [2.24, 2.45) is 0 Å². The minimum atomic E-state index is -1.16. The van der Waals surface area contributed by atoms with Crippen LogP contribution in [-0.4, -0.2) is 64.9 Å². The van der Waals surface area contributed by atoms with Crippen molar-refractivity contribution in [2.75, 3.05) is 39.5 Å². The molecule has 1 aliphatic rings. The third kappa shape index (κ3) is 6.53. The first-order chi connectivity index (χ1) is 15.6. The van der Waals surface area contributed by atoms with Crippen molar-refractivity contribution in [3.05, 3.63) is 78.4 Å². The second-order valence-electron chi connectivity index (χ2n) is 8.00. The lowest BCUT2D eigenvalue weighted by Gasteiger charge is -2.30. The summed E-state index contributed by atoms with van der Waals surface area (Å²) < 4.78 is 32.1. The van der Waals surface area contributed by atoms with Crippen molar-refractivity contribution in [3.63, 3.8) is 0 Å². The molecule has 0 radical (unpaired) electrons. The lowest BCUT2D eigenvalue weighted by molar-refractivity contribution is -0.0646. The summed E-state index contributed by atoms with van der Waals surface area (Å²) in [6.45, 7) is 3.73. The van der Waals surface area contributed by atoms with Gasteiger partial charge in [0, 0.05) is 32.0 Å². The van der Waals surface area contributed by atoms with E-state index in [9.17, 15) is 9.50 Å². The molecule has 2 heterocycles. The molecule has 0 unspecified atom stereocenters. The Morgan fingerprint density at radius 1 is 1.09 bits per heavy atom. The first-order valence-electron chi connectivity index (χ1n) is 10.7. The molecule has 4 rings (SSSR count). The van der Waals surface area contributed by atoms with E-state index < -0.39 is 5.60 Å². The normalized spacial score (nSPS) is 19.4. The summed E-state index contributed by atoms with van der Waals surface area (Å²) in [5.74, 6) is 0.985. The summed E-state index contributed by atoms with van der Waals surface area (Å²) in [6.07, 6.45) is 3.65. The van der Waals surface area contributed by atoms with Gasteiger partial charge in [-0.1, -0.05) is 12.1 Å². The first kappa shape index (κ1) is 22.3. The van der Waals surface area contributed by atoms with Gasteiger partial charge in [-0.15, -0.1) is 0 Å². The van der Waals surface area contributed by atoms with E-state index in [0.717, 1.165) is 11.3 Å². The molecular formula is C24H28FN3O4. The van der Waals surface area contributed by atoms with Gasteiger partial charge in [0.1, 0.15) is 36.1 Å². The van der Waals surface area contributed by atoms with Crippen LogP contribution < -0.4 is 9.47 Å². The molecule has 0 spiro atoms. The predicted octanol–water partition coefficient (Wildman–Crippen LogP) is 2.74. The average molecular weight is 442 g/mol. The average Bonchev–Trinajstić information content (AvgIpc) is 3.23. The molecule has 1 aromatic heterocycles. The smallest absolute Gasteiger partial charge is 0.134 e. The third-order valence-electron chi connectivity index (χ3n) is 5.21. The molecule has 0 saturated carbocycles. The van der Waals surface area contributed by atoms with Crippen LogP contribution in [0, 0.1) is 5.82 Å². The lowest BCUT2D eigenvalue weighted by atomic mass is 10.1. The van der Waals surface area contributed by atoms with Crippen LogP contribution in [0.3, 0.4) is 0 Å². The van der Waals surface area contributed by atoms with Gasteiger partial charge in [-0.25, -0.2) is 4.39 Å². The summed E-state index contributed by atoms with van der Waals surface area (Å²) in [7, 11) is 0. The molecule has 8 heteroatoms. The molecule has 7 nitrogen and oxygen atoms in total. The molecule has 0 bridgehead atoms. The minimum absolute atomic E-state index is 0.0612. The molecule has 0 amide bonds. The second kappa shape index (κ2) is 10.6. The maximum atomic E-state index is 13.1. The minimum Gasteiger partial charge on any atom is -0.492 e. The van der Waals surface area contributed by atoms with Gasteiger partial charge >= 0.3 is 0 Å². The van der Waals surface area contributed by atoms with Crippen molar-refractivity contribution in [1.82, 2.24) is 14.7 Å². The first-order valence-corrected chi connectivity index (χ1v) is 10.7. The number of aromatic nitrogens is 2. The Hall–Kier alpha value is -2.94. The van der Waals surface area contributed by atoms with Crippen LogP contribution in [0.5, 0.6) is 11.5 Å². The summed E-state index contributed by atoms with van der Waals surface area (Å²) in [4.78, 5) is 2.14. The predicted molar refractivity (Wildman–Crippen MR) is 117 cm³/mol. The van der Waals surface area contributed by atoms with E-state index in [1.165, 1.54) is 12.1 Å². The highest BCUT2D eigenvalue weighted by Gasteiger charge is 2.33. The van der Waals surface area contributed by atoms with Gasteiger partial charge in [0.05, 0.1) is 19.8 Å². The van der Waals surface area contributed by atoms with Crippen LogP contribution in [0.15, 0.2) is 67.0 Å². The van der Waals surface area contributed by atoms with Crippen LogP contribution in [0.1, 0.15) is 5.56 Å². The number of hydrogen-bond acceptors (Lipinski definition) is 6. The highest BCUT2D eigenvalue weighted by molar-refractivity contribution is 5.28. The van der Waals surface area contributed by atoms with Crippen molar-refractivity contribution in [2.45, 2.75) is 18.7 Å². The third-order valence-corrected chi connectivity index (χ3v) is 5.21. The summed E-state index contributed by atoms with van der Waals surface area (Å²) >= 11 is 0. The largest absolute Gasteiger partial charge is 0.492 e. The number of nitrogens with zero attached hydrogens (tertiary/aromatic N) is 3. The molecule has 1 fully saturated rings. The van der Waals surface area contributed by atoms with Gasteiger partial charge in [0.15, 0.2) is 0 Å². The summed E-state index contributed by atoms with van der Waals surface area (Å²) in [6, 6.07) is 15.6. The zero-order valence-corrected chi connectivity index (χ0v) is 17.9. The monoisotopic (exact) mass is 441 g/mol. The maximum absolute atomic E-state index is 13.1. The number of ether oxygens (including phenoxy) is 3. The number of rotatable bonds is 9. The fraction of sp³-hybridized carbons (Fsp3) is 0.375. The van der Waals surface area contributed by atoms with Gasteiger partial charge in [-0.05, 0) is 48.0 Å². The van der Waals surface area contributed by atoms with Gasteiger partial charge in [0.25, 0.3) is 0 Å². The fourth-order valence-corrected chi connectivity index (χ4v) is 3.65. The fourth-order valence-electron chi connectivity index (χ4n) is 3.65. The number of β-amino-alcohol motifs (C(OH)–C–C–N with tert-alkyl or cyclic N) is 1. The molecule has 2 aromatic carbocycles. The molecule has 0 aliphatic carbocycles. The molecular weight excluding hydrogens is 413 g/mol. The number of hydrogen-bond donors (Lipinski definition) is 1. The van der Waals surface area contributed by atoms with E-state index in [4.69, 9.17) is 14.2 Å². The lowest BCUT2D eigenvalue weighted by Crippen LogP contribution is -2.48. The number of benzene rings is 2. The van der Waals surface area contributed by atoms with Gasteiger partial charge in [0.2, 0.25) is 0 Å². The highest BCUT2D eigenvalue weighted by atomic mass is 19.1. The zero-order valence-electron chi connectivity index (χ0n) is 17.9. The van der Waals surface area contributed by atoms with Crippen LogP contribution in [0.25, 0.3) is 0 Å². The highest BCUT2D eigenvalue weighted by Crippen LogP contribution is 2.20. The second-order valence-corrected chi connectivity index (χ2v) is 8.00. The van der Waals surface area contributed by atoms with Gasteiger partial charge in [-0.3, -0.25) is 9.58 Å². The van der Waals surface area contributed by atoms with E-state index in [1.54, 1.807) is 18.3 Å². The maximum Gasteiger partial charge on any atom is 0.134 e. The number of aliphatic hydroxyl groups is 1. The summed E-state index contributed by atoms with van der Waals surface area (Å²) in [5, 5.41) is 15.2. The van der Waals surface area contributed by atoms with Crippen LogP contribution >= 0.6 is 0 Å². The Kier molecular flexibility index (Phi) is 7.36. The molecule has 1 saturated heterocycles. The SMILES string of the molecule is O[C@@]1(COc2ccc(F)cc2)COCCN(Cc2cccc(OCCn3cccn3)c2)C1. The Balaban J connectivity index is 1.31. The van der Waals surface area contributed by atoms with E-state index >= 15 is 0 Å².